The summed E-state index contributed by atoms with van der Waals surface area (Å²) in [5.74, 6) is 0.128. The van der Waals surface area contributed by atoms with Crippen LogP contribution < -0.4 is 15.8 Å². The molecule has 0 atom stereocenters. The van der Waals surface area contributed by atoms with Gasteiger partial charge >= 0.3 is 0 Å². The van der Waals surface area contributed by atoms with Gasteiger partial charge in [0, 0.05) is 26.0 Å². The third-order valence-electron chi connectivity index (χ3n) is 2.00. The van der Waals surface area contributed by atoms with Crippen LogP contribution in [-0.2, 0) is 4.79 Å². The Hall–Kier alpha value is -1.85. The second-order valence-corrected chi connectivity index (χ2v) is 3.45. The highest BCUT2D eigenvalue weighted by Crippen LogP contribution is 1.97. The van der Waals surface area contributed by atoms with Gasteiger partial charge in [0.15, 0.2) is 5.82 Å². The van der Waals surface area contributed by atoms with Crippen molar-refractivity contribution in [2.45, 2.75) is 13.3 Å². The summed E-state index contributed by atoms with van der Waals surface area (Å²) in [6.07, 6.45) is 3.83. The SMILES string of the molecule is CCCNC(=O)CN(C)c1ncc[nH]c1=O. The third kappa shape index (κ3) is 3.38. The third-order valence-corrected chi connectivity index (χ3v) is 2.00. The van der Waals surface area contributed by atoms with Crippen LogP contribution in [0.4, 0.5) is 5.82 Å². The van der Waals surface area contributed by atoms with Crippen LogP contribution in [-0.4, -0.2) is 36.0 Å². The van der Waals surface area contributed by atoms with Crippen molar-refractivity contribution in [3.8, 4) is 0 Å². The Kier molecular flexibility index (Phi) is 4.50. The lowest BCUT2D eigenvalue weighted by atomic mass is 10.4. The molecule has 1 aromatic rings. The molecule has 0 aliphatic carbocycles. The molecule has 0 fully saturated rings. The van der Waals surface area contributed by atoms with Gasteiger partial charge in [-0.3, -0.25) is 9.59 Å². The monoisotopic (exact) mass is 224 g/mol. The molecular weight excluding hydrogens is 208 g/mol. The highest BCUT2D eigenvalue weighted by Gasteiger charge is 2.10. The lowest BCUT2D eigenvalue weighted by molar-refractivity contribution is -0.119. The first-order chi connectivity index (χ1) is 7.65. The first-order valence-electron chi connectivity index (χ1n) is 5.16. The summed E-state index contributed by atoms with van der Waals surface area (Å²) >= 11 is 0. The average Bonchev–Trinajstić information content (AvgIpc) is 2.26. The van der Waals surface area contributed by atoms with E-state index < -0.39 is 0 Å². The number of H-pyrrole nitrogens is 1. The fourth-order valence-electron chi connectivity index (χ4n) is 1.23. The van der Waals surface area contributed by atoms with Crippen molar-refractivity contribution >= 4 is 11.7 Å². The molecule has 0 saturated carbocycles. The Labute approximate surface area is 93.7 Å². The summed E-state index contributed by atoms with van der Waals surface area (Å²) < 4.78 is 0. The molecule has 1 aromatic heterocycles. The van der Waals surface area contributed by atoms with E-state index >= 15 is 0 Å². The maximum atomic E-state index is 11.4. The molecule has 2 N–H and O–H groups in total. The summed E-state index contributed by atoms with van der Waals surface area (Å²) in [5, 5.41) is 2.73. The Balaban J connectivity index is 2.59. The van der Waals surface area contributed by atoms with Crippen molar-refractivity contribution in [1.29, 1.82) is 0 Å². The maximum Gasteiger partial charge on any atom is 0.290 e. The molecule has 0 unspecified atom stereocenters. The molecule has 0 bridgehead atoms. The largest absolute Gasteiger partial charge is 0.355 e. The van der Waals surface area contributed by atoms with E-state index in [4.69, 9.17) is 0 Å². The van der Waals surface area contributed by atoms with Crippen molar-refractivity contribution in [3.63, 3.8) is 0 Å². The molecule has 1 heterocycles. The van der Waals surface area contributed by atoms with Crippen LogP contribution in [0.15, 0.2) is 17.2 Å². The Morgan fingerprint density at radius 3 is 3.00 bits per heavy atom. The number of nitrogens with zero attached hydrogens (tertiary/aromatic N) is 2. The van der Waals surface area contributed by atoms with Crippen molar-refractivity contribution in [3.05, 3.63) is 22.7 Å². The van der Waals surface area contributed by atoms with Gasteiger partial charge in [-0.2, -0.15) is 0 Å². The minimum absolute atomic E-state index is 0.116. The van der Waals surface area contributed by atoms with Crippen LogP contribution in [0.5, 0.6) is 0 Å². The van der Waals surface area contributed by atoms with E-state index in [0.29, 0.717) is 6.54 Å². The number of carbonyl (C=O) groups is 1. The van der Waals surface area contributed by atoms with E-state index in [9.17, 15) is 9.59 Å². The van der Waals surface area contributed by atoms with Crippen LogP contribution in [0.3, 0.4) is 0 Å². The van der Waals surface area contributed by atoms with Gasteiger partial charge in [0.2, 0.25) is 5.91 Å². The molecule has 16 heavy (non-hydrogen) atoms. The summed E-state index contributed by atoms with van der Waals surface area (Å²) in [4.78, 5) is 30.7. The molecule has 88 valence electrons. The second kappa shape index (κ2) is 5.89. The van der Waals surface area contributed by atoms with Crippen LogP contribution in [0, 0.1) is 0 Å². The van der Waals surface area contributed by atoms with E-state index in [1.807, 2.05) is 6.92 Å². The normalized spacial score (nSPS) is 9.88. The number of hydrogen-bond acceptors (Lipinski definition) is 4. The van der Waals surface area contributed by atoms with Gasteiger partial charge in [0.25, 0.3) is 5.56 Å². The number of aromatic amines is 1. The first kappa shape index (κ1) is 12.2. The minimum Gasteiger partial charge on any atom is -0.355 e. The molecule has 0 aliphatic heterocycles. The van der Waals surface area contributed by atoms with E-state index in [1.54, 1.807) is 7.05 Å². The van der Waals surface area contributed by atoms with E-state index in [1.165, 1.54) is 17.3 Å². The highest BCUT2D eigenvalue weighted by molar-refractivity contribution is 5.80. The van der Waals surface area contributed by atoms with Gasteiger partial charge in [-0.1, -0.05) is 6.92 Å². The number of rotatable bonds is 5. The predicted octanol–water partition coefficient (Wildman–Crippen LogP) is -0.268. The number of anilines is 1. The zero-order valence-electron chi connectivity index (χ0n) is 9.49. The Bertz CT molecular complexity index is 402. The number of likely N-dealkylation sites (N-methyl/N-ethyl adjacent to an activating group) is 1. The Morgan fingerprint density at radius 2 is 2.38 bits per heavy atom. The van der Waals surface area contributed by atoms with E-state index in [-0.39, 0.29) is 23.8 Å². The zero-order chi connectivity index (χ0) is 12.0. The summed E-state index contributed by atoms with van der Waals surface area (Å²) in [6, 6.07) is 0. The number of nitrogens with one attached hydrogen (secondary N) is 2. The van der Waals surface area contributed by atoms with Gasteiger partial charge < -0.3 is 15.2 Å². The van der Waals surface area contributed by atoms with Crippen molar-refractivity contribution < 1.29 is 4.79 Å². The fraction of sp³-hybridized carbons (Fsp3) is 0.500. The summed E-state index contributed by atoms with van der Waals surface area (Å²) in [6.45, 7) is 2.75. The smallest absolute Gasteiger partial charge is 0.290 e. The molecule has 0 aliphatic rings. The number of hydrogen-bond donors (Lipinski definition) is 2. The molecule has 0 radical (unpaired) electrons. The number of aromatic nitrogens is 2. The second-order valence-electron chi connectivity index (χ2n) is 3.45. The van der Waals surface area contributed by atoms with Gasteiger partial charge in [0.05, 0.1) is 6.54 Å². The van der Waals surface area contributed by atoms with Crippen molar-refractivity contribution in [2.24, 2.45) is 0 Å². The molecule has 0 spiro atoms. The lowest BCUT2D eigenvalue weighted by Gasteiger charge is -2.15. The molecule has 0 saturated heterocycles. The van der Waals surface area contributed by atoms with Gasteiger partial charge in [-0.15, -0.1) is 0 Å². The first-order valence-corrected chi connectivity index (χ1v) is 5.16. The van der Waals surface area contributed by atoms with Crippen LogP contribution >= 0.6 is 0 Å². The molecule has 0 aromatic carbocycles. The van der Waals surface area contributed by atoms with Crippen molar-refractivity contribution in [1.82, 2.24) is 15.3 Å². The predicted molar refractivity (Wildman–Crippen MR) is 61.4 cm³/mol. The fourth-order valence-corrected chi connectivity index (χ4v) is 1.23. The molecule has 6 heteroatoms. The number of carbonyl (C=O) groups excluding carboxylic acids is 1. The maximum absolute atomic E-state index is 11.4. The van der Waals surface area contributed by atoms with Crippen LogP contribution in [0.1, 0.15) is 13.3 Å². The summed E-state index contributed by atoms with van der Waals surface area (Å²) in [5.41, 5.74) is -0.298. The van der Waals surface area contributed by atoms with E-state index in [0.717, 1.165) is 6.42 Å². The van der Waals surface area contributed by atoms with Gasteiger partial charge in [-0.25, -0.2) is 4.98 Å². The Morgan fingerprint density at radius 1 is 1.62 bits per heavy atom. The van der Waals surface area contributed by atoms with Crippen LogP contribution in [0.25, 0.3) is 0 Å². The molecule has 1 amide bonds. The van der Waals surface area contributed by atoms with Crippen LogP contribution in [0.2, 0.25) is 0 Å². The topological polar surface area (TPSA) is 78.1 Å². The van der Waals surface area contributed by atoms with Crippen molar-refractivity contribution in [2.75, 3.05) is 25.0 Å². The highest BCUT2D eigenvalue weighted by atomic mass is 16.2. The molecule has 1 rings (SSSR count). The van der Waals surface area contributed by atoms with Gasteiger partial charge in [-0.05, 0) is 6.42 Å². The van der Waals surface area contributed by atoms with E-state index in [2.05, 4.69) is 15.3 Å². The number of amides is 1. The molecule has 6 nitrogen and oxygen atoms in total. The lowest BCUT2D eigenvalue weighted by Crippen LogP contribution is -2.37. The van der Waals surface area contributed by atoms with Gasteiger partial charge in [0.1, 0.15) is 0 Å². The average molecular weight is 224 g/mol. The summed E-state index contributed by atoms with van der Waals surface area (Å²) in [7, 11) is 1.66. The minimum atomic E-state index is -0.298. The quantitative estimate of drug-likeness (QED) is 0.722. The zero-order valence-corrected chi connectivity index (χ0v) is 9.49. The molecular formula is C10H16N4O2. The standard InChI is InChI=1S/C10H16N4O2/c1-3-4-11-8(15)7-14(2)9-10(16)13-6-5-12-9/h5-6H,3-4,7H2,1-2H3,(H,11,15)(H,13,16).